The van der Waals surface area contributed by atoms with Gasteiger partial charge in [0.1, 0.15) is 0 Å². The molecule has 1 heterocycles. The van der Waals surface area contributed by atoms with E-state index in [9.17, 15) is 0 Å². The number of nitrogens with zero attached hydrogens (tertiary/aromatic N) is 1. The molecule has 1 aromatic carbocycles. The maximum Gasteiger partial charge on any atom is 0.294 e. The number of rotatable bonds is 3. The lowest BCUT2D eigenvalue weighted by atomic mass is 9.84. The number of hydrogen-bond acceptors (Lipinski definition) is 3. The molecule has 3 nitrogen and oxygen atoms in total. The lowest BCUT2D eigenvalue weighted by Crippen LogP contribution is -2.04. The standard InChI is InChI=1S/C16H20N2O/c1-17-16-18-11-15(19-16)14-9-7-13(8-10-14)12-5-3-2-4-6-12/h7-12H,2-6H2,1H3,(H,17,18). The van der Waals surface area contributed by atoms with E-state index in [-0.39, 0.29) is 0 Å². The van der Waals surface area contributed by atoms with Gasteiger partial charge < -0.3 is 9.73 Å². The topological polar surface area (TPSA) is 38.1 Å². The van der Waals surface area contributed by atoms with Crippen molar-refractivity contribution < 1.29 is 4.42 Å². The van der Waals surface area contributed by atoms with Gasteiger partial charge in [-0.1, -0.05) is 43.5 Å². The van der Waals surface area contributed by atoms with Crippen LogP contribution in [0.3, 0.4) is 0 Å². The molecular formula is C16H20N2O. The Balaban J connectivity index is 1.78. The van der Waals surface area contributed by atoms with E-state index in [0.29, 0.717) is 6.01 Å². The van der Waals surface area contributed by atoms with Crippen LogP contribution in [0, 0.1) is 0 Å². The molecule has 3 heteroatoms. The van der Waals surface area contributed by atoms with Gasteiger partial charge in [-0.25, -0.2) is 4.98 Å². The summed E-state index contributed by atoms with van der Waals surface area (Å²) in [6, 6.07) is 9.33. The van der Waals surface area contributed by atoms with Crippen molar-refractivity contribution in [3.63, 3.8) is 0 Å². The summed E-state index contributed by atoms with van der Waals surface area (Å²) in [5.41, 5.74) is 2.56. The number of oxazole rings is 1. The molecule has 0 atom stereocenters. The van der Waals surface area contributed by atoms with Crippen molar-refractivity contribution in [1.82, 2.24) is 4.98 Å². The maximum absolute atomic E-state index is 5.58. The van der Waals surface area contributed by atoms with Crippen molar-refractivity contribution in [2.75, 3.05) is 12.4 Å². The number of anilines is 1. The van der Waals surface area contributed by atoms with Gasteiger partial charge in [-0.05, 0) is 24.3 Å². The van der Waals surface area contributed by atoms with Crippen LogP contribution in [0.15, 0.2) is 34.9 Å². The molecule has 1 aromatic heterocycles. The molecule has 1 aliphatic carbocycles. The average molecular weight is 256 g/mol. The molecule has 1 fully saturated rings. The van der Waals surface area contributed by atoms with Gasteiger partial charge in [0.25, 0.3) is 6.01 Å². The maximum atomic E-state index is 5.58. The molecule has 1 N–H and O–H groups in total. The fraction of sp³-hybridized carbons (Fsp3) is 0.438. The van der Waals surface area contributed by atoms with Gasteiger partial charge in [-0.15, -0.1) is 0 Å². The summed E-state index contributed by atoms with van der Waals surface area (Å²) in [5.74, 6) is 1.57. The normalized spacial score (nSPS) is 16.5. The highest BCUT2D eigenvalue weighted by atomic mass is 16.4. The molecule has 0 unspecified atom stereocenters. The minimum atomic E-state index is 0.561. The highest BCUT2D eigenvalue weighted by Gasteiger charge is 2.15. The van der Waals surface area contributed by atoms with E-state index in [4.69, 9.17) is 4.42 Å². The van der Waals surface area contributed by atoms with Crippen LogP contribution in [-0.2, 0) is 0 Å². The Labute approximate surface area is 114 Å². The van der Waals surface area contributed by atoms with E-state index in [1.807, 2.05) is 7.05 Å². The third-order valence-electron chi connectivity index (χ3n) is 3.99. The third-order valence-corrected chi connectivity index (χ3v) is 3.99. The van der Waals surface area contributed by atoms with Crippen LogP contribution in [0.1, 0.15) is 43.6 Å². The van der Waals surface area contributed by atoms with Gasteiger partial charge in [0, 0.05) is 12.6 Å². The van der Waals surface area contributed by atoms with Gasteiger partial charge in [0.2, 0.25) is 0 Å². The minimum Gasteiger partial charge on any atom is -0.424 e. The van der Waals surface area contributed by atoms with E-state index < -0.39 is 0 Å². The van der Waals surface area contributed by atoms with E-state index in [0.717, 1.165) is 17.2 Å². The Morgan fingerprint density at radius 3 is 2.47 bits per heavy atom. The van der Waals surface area contributed by atoms with Crippen LogP contribution >= 0.6 is 0 Å². The van der Waals surface area contributed by atoms with E-state index >= 15 is 0 Å². The molecule has 0 amide bonds. The quantitative estimate of drug-likeness (QED) is 0.882. The predicted octanol–water partition coefficient (Wildman–Crippen LogP) is 4.43. The largest absolute Gasteiger partial charge is 0.424 e. The van der Waals surface area contributed by atoms with Gasteiger partial charge >= 0.3 is 0 Å². The first-order chi connectivity index (χ1) is 9.36. The van der Waals surface area contributed by atoms with Gasteiger partial charge in [0.05, 0.1) is 6.20 Å². The zero-order valence-corrected chi connectivity index (χ0v) is 11.4. The van der Waals surface area contributed by atoms with E-state index in [1.165, 1.54) is 37.7 Å². The van der Waals surface area contributed by atoms with Crippen molar-refractivity contribution >= 4 is 6.01 Å². The first-order valence-corrected chi connectivity index (χ1v) is 7.11. The fourth-order valence-electron chi connectivity index (χ4n) is 2.88. The third kappa shape index (κ3) is 2.65. The SMILES string of the molecule is CNc1ncc(-c2ccc(C3CCCCC3)cc2)o1. The monoisotopic (exact) mass is 256 g/mol. The molecule has 1 saturated carbocycles. The smallest absolute Gasteiger partial charge is 0.294 e. The molecule has 0 saturated heterocycles. The molecular weight excluding hydrogens is 236 g/mol. The number of aromatic nitrogens is 1. The zero-order valence-electron chi connectivity index (χ0n) is 11.4. The number of nitrogens with one attached hydrogen (secondary N) is 1. The molecule has 19 heavy (non-hydrogen) atoms. The summed E-state index contributed by atoms with van der Waals surface area (Å²) in [4.78, 5) is 4.15. The van der Waals surface area contributed by atoms with Gasteiger partial charge in [-0.2, -0.15) is 0 Å². The molecule has 3 rings (SSSR count). The number of benzene rings is 1. The fourth-order valence-corrected chi connectivity index (χ4v) is 2.88. The second kappa shape index (κ2) is 5.47. The first kappa shape index (κ1) is 12.3. The molecule has 0 bridgehead atoms. The van der Waals surface area contributed by atoms with E-state index in [1.54, 1.807) is 6.20 Å². The highest BCUT2D eigenvalue weighted by molar-refractivity contribution is 5.58. The molecule has 100 valence electrons. The first-order valence-electron chi connectivity index (χ1n) is 7.11. The van der Waals surface area contributed by atoms with Crippen molar-refractivity contribution in [3.8, 4) is 11.3 Å². The Bertz CT molecular complexity index is 524. The molecule has 2 aromatic rings. The van der Waals surface area contributed by atoms with E-state index in [2.05, 4.69) is 34.6 Å². The Morgan fingerprint density at radius 2 is 1.84 bits per heavy atom. The van der Waals surface area contributed by atoms with Crippen LogP contribution in [0.5, 0.6) is 0 Å². The Hall–Kier alpha value is -1.77. The van der Waals surface area contributed by atoms with Crippen LogP contribution in [0.4, 0.5) is 6.01 Å². The summed E-state index contributed by atoms with van der Waals surface area (Å²) in [6.07, 6.45) is 8.60. The summed E-state index contributed by atoms with van der Waals surface area (Å²) in [5, 5.41) is 2.90. The summed E-state index contributed by atoms with van der Waals surface area (Å²) in [7, 11) is 1.81. The van der Waals surface area contributed by atoms with Crippen molar-refractivity contribution in [2.24, 2.45) is 0 Å². The summed E-state index contributed by atoms with van der Waals surface area (Å²) < 4.78 is 5.58. The van der Waals surface area contributed by atoms with Crippen molar-refractivity contribution in [2.45, 2.75) is 38.0 Å². The minimum absolute atomic E-state index is 0.561. The van der Waals surface area contributed by atoms with Gasteiger partial charge in [-0.3, -0.25) is 0 Å². The average Bonchev–Trinajstić information content (AvgIpc) is 2.97. The lowest BCUT2D eigenvalue weighted by Gasteiger charge is -2.21. The predicted molar refractivity (Wildman–Crippen MR) is 77.3 cm³/mol. The summed E-state index contributed by atoms with van der Waals surface area (Å²) in [6.45, 7) is 0. The molecule has 0 aliphatic heterocycles. The van der Waals surface area contributed by atoms with Crippen LogP contribution in [0.25, 0.3) is 11.3 Å². The zero-order chi connectivity index (χ0) is 13.1. The second-order valence-corrected chi connectivity index (χ2v) is 5.24. The Morgan fingerprint density at radius 1 is 1.11 bits per heavy atom. The number of hydrogen-bond donors (Lipinski definition) is 1. The van der Waals surface area contributed by atoms with Crippen LogP contribution < -0.4 is 5.32 Å². The molecule has 0 spiro atoms. The van der Waals surface area contributed by atoms with Crippen molar-refractivity contribution in [1.29, 1.82) is 0 Å². The van der Waals surface area contributed by atoms with Gasteiger partial charge in [0.15, 0.2) is 5.76 Å². The van der Waals surface area contributed by atoms with Crippen LogP contribution in [0.2, 0.25) is 0 Å². The van der Waals surface area contributed by atoms with Crippen LogP contribution in [-0.4, -0.2) is 12.0 Å². The Kier molecular flexibility index (Phi) is 3.53. The molecule has 1 aliphatic rings. The van der Waals surface area contributed by atoms with Crippen molar-refractivity contribution in [3.05, 3.63) is 36.0 Å². The summed E-state index contributed by atoms with van der Waals surface area (Å²) >= 11 is 0. The lowest BCUT2D eigenvalue weighted by molar-refractivity contribution is 0.443. The molecule has 0 radical (unpaired) electrons. The second-order valence-electron chi connectivity index (χ2n) is 5.24. The highest BCUT2D eigenvalue weighted by Crippen LogP contribution is 2.33.